The minimum atomic E-state index is -3.32. The second kappa shape index (κ2) is 7.71. The van der Waals surface area contributed by atoms with Crippen molar-refractivity contribution in [2.45, 2.75) is 12.8 Å². The zero-order valence-electron chi connectivity index (χ0n) is 14.5. The number of thiazole rings is 1. The summed E-state index contributed by atoms with van der Waals surface area (Å²) >= 11 is 1.21. The predicted octanol–water partition coefficient (Wildman–Crippen LogP) is 2.33. The summed E-state index contributed by atoms with van der Waals surface area (Å²) in [6, 6.07) is 6.10. The molecule has 1 atom stereocenters. The van der Waals surface area contributed by atoms with Crippen LogP contribution in [0.25, 0.3) is 11.3 Å². The number of non-ortho nitro benzene ring substituents is 1. The van der Waals surface area contributed by atoms with Crippen LogP contribution >= 0.6 is 11.3 Å². The zero-order chi connectivity index (χ0) is 19.6. The Kier molecular flexibility index (Phi) is 5.53. The van der Waals surface area contributed by atoms with E-state index in [0.717, 1.165) is 6.26 Å². The van der Waals surface area contributed by atoms with Gasteiger partial charge in [0, 0.05) is 36.2 Å². The molecule has 1 saturated heterocycles. The Morgan fingerprint density at radius 2 is 2.22 bits per heavy atom. The number of carbonyl (C=O) groups is 1. The minimum absolute atomic E-state index is 0.0332. The fraction of sp³-hybridized carbons (Fsp3) is 0.375. The molecule has 1 N–H and O–H groups in total. The number of hydrogen-bond acceptors (Lipinski definition) is 7. The molecule has 144 valence electrons. The van der Waals surface area contributed by atoms with Crippen LogP contribution in [0.1, 0.15) is 12.8 Å². The standard InChI is InChI=1S/C16H18N4O5S2/c1-27(24,25)19-7-3-5-12(9-19)15(21)18-16-17-14(10-26-16)11-4-2-6-13(8-11)20(22)23/h2,4,6,8,10,12H,3,5,7,9H2,1H3,(H,17,18,21). The van der Waals surface area contributed by atoms with Crippen molar-refractivity contribution in [1.29, 1.82) is 0 Å². The highest BCUT2D eigenvalue weighted by atomic mass is 32.2. The molecule has 1 aliphatic rings. The van der Waals surface area contributed by atoms with E-state index >= 15 is 0 Å². The monoisotopic (exact) mass is 410 g/mol. The summed E-state index contributed by atoms with van der Waals surface area (Å²) in [5.41, 5.74) is 1.08. The molecular weight excluding hydrogens is 392 g/mol. The van der Waals surface area contributed by atoms with Gasteiger partial charge in [-0.3, -0.25) is 14.9 Å². The summed E-state index contributed by atoms with van der Waals surface area (Å²) in [7, 11) is -3.32. The lowest BCUT2D eigenvalue weighted by atomic mass is 9.99. The average molecular weight is 410 g/mol. The number of rotatable bonds is 5. The van der Waals surface area contributed by atoms with E-state index in [1.54, 1.807) is 17.5 Å². The van der Waals surface area contributed by atoms with E-state index in [0.29, 0.717) is 35.8 Å². The molecule has 9 nitrogen and oxygen atoms in total. The van der Waals surface area contributed by atoms with Gasteiger partial charge >= 0.3 is 0 Å². The Hall–Kier alpha value is -2.37. The maximum absolute atomic E-state index is 12.5. The van der Waals surface area contributed by atoms with Crippen molar-refractivity contribution < 1.29 is 18.1 Å². The van der Waals surface area contributed by atoms with Gasteiger partial charge in [0.15, 0.2) is 5.13 Å². The number of carbonyl (C=O) groups excluding carboxylic acids is 1. The number of anilines is 1. The molecular formula is C16H18N4O5S2. The van der Waals surface area contributed by atoms with Crippen molar-refractivity contribution in [2.75, 3.05) is 24.7 Å². The largest absolute Gasteiger partial charge is 0.302 e. The van der Waals surface area contributed by atoms with Gasteiger partial charge in [-0.15, -0.1) is 11.3 Å². The highest BCUT2D eigenvalue weighted by Gasteiger charge is 2.30. The summed E-state index contributed by atoms with van der Waals surface area (Å²) in [5.74, 6) is -0.707. The first kappa shape index (κ1) is 19.4. The molecule has 1 fully saturated rings. The van der Waals surface area contributed by atoms with Crippen LogP contribution in [0, 0.1) is 16.0 Å². The highest BCUT2D eigenvalue weighted by molar-refractivity contribution is 7.88. The van der Waals surface area contributed by atoms with Crippen molar-refractivity contribution in [3.63, 3.8) is 0 Å². The molecule has 1 aromatic carbocycles. The van der Waals surface area contributed by atoms with Crippen molar-refractivity contribution in [3.8, 4) is 11.3 Å². The molecule has 11 heteroatoms. The SMILES string of the molecule is CS(=O)(=O)N1CCCC(C(=O)Nc2nc(-c3cccc([N+](=O)[O-])c3)cs2)C1. The van der Waals surface area contributed by atoms with E-state index in [1.165, 1.54) is 27.8 Å². The van der Waals surface area contributed by atoms with Crippen LogP contribution in [-0.4, -0.2) is 47.9 Å². The molecule has 1 aliphatic heterocycles. The van der Waals surface area contributed by atoms with Crippen LogP contribution in [-0.2, 0) is 14.8 Å². The van der Waals surface area contributed by atoms with Crippen molar-refractivity contribution in [2.24, 2.45) is 5.92 Å². The molecule has 0 saturated carbocycles. The quantitative estimate of drug-likeness (QED) is 0.596. The third-order valence-corrected chi connectivity index (χ3v) is 6.34. The molecule has 3 rings (SSSR count). The number of nitrogens with one attached hydrogen (secondary N) is 1. The number of aromatic nitrogens is 1. The van der Waals surface area contributed by atoms with Crippen LogP contribution in [0.4, 0.5) is 10.8 Å². The number of benzene rings is 1. The van der Waals surface area contributed by atoms with Gasteiger partial charge in [0.05, 0.1) is 22.8 Å². The second-order valence-corrected chi connectivity index (χ2v) is 9.14. The number of nitro groups is 1. The number of nitro benzene ring substituents is 1. The Balaban J connectivity index is 1.69. The van der Waals surface area contributed by atoms with Gasteiger partial charge in [0.2, 0.25) is 15.9 Å². The molecule has 1 amide bonds. The van der Waals surface area contributed by atoms with E-state index in [9.17, 15) is 23.3 Å². The number of sulfonamides is 1. The Bertz CT molecular complexity index is 973. The zero-order valence-corrected chi connectivity index (χ0v) is 16.1. The van der Waals surface area contributed by atoms with Crippen molar-refractivity contribution in [1.82, 2.24) is 9.29 Å². The van der Waals surface area contributed by atoms with Gasteiger partial charge < -0.3 is 5.32 Å². The summed E-state index contributed by atoms with van der Waals surface area (Å²) in [6.45, 7) is 0.588. The third kappa shape index (κ3) is 4.67. The number of piperidine rings is 1. The molecule has 0 bridgehead atoms. The summed E-state index contributed by atoms with van der Waals surface area (Å²) in [5, 5.41) is 15.7. The fourth-order valence-corrected chi connectivity index (χ4v) is 4.54. The molecule has 1 unspecified atom stereocenters. The average Bonchev–Trinajstić information content (AvgIpc) is 3.09. The minimum Gasteiger partial charge on any atom is -0.302 e. The van der Waals surface area contributed by atoms with E-state index in [-0.39, 0.29) is 18.1 Å². The Morgan fingerprint density at radius 3 is 2.93 bits per heavy atom. The topological polar surface area (TPSA) is 123 Å². The van der Waals surface area contributed by atoms with Crippen molar-refractivity contribution >= 4 is 38.1 Å². The van der Waals surface area contributed by atoms with E-state index in [4.69, 9.17) is 0 Å². The lowest BCUT2D eigenvalue weighted by Crippen LogP contribution is -2.43. The van der Waals surface area contributed by atoms with E-state index < -0.39 is 20.9 Å². The lowest BCUT2D eigenvalue weighted by molar-refractivity contribution is -0.384. The van der Waals surface area contributed by atoms with Crippen LogP contribution in [0.2, 0.25) is 0 Å². The molecule has 2 heterocycles. The molecule has 0 spiro atoms. The van der Waals surface area contributed by atoms with Gasteiger partial charge in [-0.25, -0.2) is 17.7 Å². The number of amides is 1. The molecule has 27 heavy (non-hydrogen) atoms. The fourth-order valence-electron chi connectivity index (χ4n) is 2.91. The summed E-state index contributed by atoms with van der Waals surface area (Å²) < 4.78 is 24.7. The number of nitrogens with zero attached hydrogens (tertiary/aromatic N) is 3. The van der Waals surface area contributed by atoms with Gasteiger partial charge in [-0.05, 0) is 12.8 Å². The normalized spacial score (nSPS) is 18.2. The summed E-state index contributed by atoms with van der Waals surface area (Å²) in [4.78, 5) is 27.2. The van der Waals surface area contributed by atoms with Gasteiger partial charge in [-0.2, -0.15) is 0 Å². The maximum Gasteiger partial charge on any atom is 0.270 e. The van der Waals surface area contributed by atoms with Crippen LogP contribution in [0.3, 0.4) is 0 Å². The maximum atomic E-state index is 12.5. The summed E-state index contributed by atoms with van der Waals surface area (Å²) in [6.07, 6.45) is 2.38. The molecule has 0 aliphatic carbocycles. The van der Waals surface area contributed by atoms with E-state index in [1.807, 2.05) is 0 Å². The Labute approximate surface area is 160 Å². The molecule has 1 aromatic heterocycles. The van der Waals surface area contributed by atoms with Crippen LogP contribution in [0.5, 0.6) is 0 Å². The first-order valence-electron chi connectivity index (χ1n) is 8.20. The molecule has 0 radical (unpaired) electrons. The van der Waals surface area contributed by atoms with Gasteiger partial charge in [-0.1, -0.05) is 12.1 Å². The third-order valence-electron chi connectivity index (χ3n) is 4.31. The first-order chi connectivity index (χ1) is 12.7. The van der Waals surface area contributed by atoms with Gasteiger partial charge in [0.25, 0.3) is 5.69 Å². The predicted molar refractivity (Wildman–Crippen MR) is 102 cm³/mol. The number of hydrogen-bond donors (Lipinski definition) is 1. The first-order valence-corrected chi connectivity index (χ1v) is 10.9. The Morgan fingerprint density at radius 1 is 1.44 bits per heavy atom. The second-order valence-electron chi connectivity index (χ2n) is 6.29. The van der Waals surface area contributed by atoms with Crippen LogP contribution < -0.4 is 5.32 Å². The lowest BCUT2D eigenvalue weighted by Gasteiger charge is -2.29. The van der Waals surface area contributed by atoms with E-state index in [2.05, 4.69) is 10.3 Å². The smallest absolute Gasteiger partial charge is 0.270 e. The van der Waals surface area contributed by atoms with Crippen LogP contribution in [0.15, 0.2) is 29.6 Å². The molecule has 2 aromatic rings. The van der Waals surface area contributed by atoms with Crippen molar-refractivity contribution in [3.05, 3.63) is 39.8 Å². The highest BCUT2D eigenvalue weighted by Crippen LogP contribution is 2.28. The van der Waals surface area contributed by atoms with Gasteiger partial charge in [0.1, 0.15) is 0 Å².